The molecule has 1 heterocycles. The molecule has 1 aliphatic rings. The van der Waals surface area contributed by atoms with Crippen LogP contribution in [-0.2, 0) is 0 Å². The van der Waals surface area contributed by atoms with E-state index in [2.05, 4.69) is 5.32 Å². The maximum absolute atomic E-state index is 10.3. The van der Waals surface area contributed by atoms with E-state index in [1.54, 1.807) is 29.3 Å². The summed E-state index contributed by atoms with van der Waals surface area (Å²) in [7, 11) is 1.51. The Morgan fingerprint density at radius 1 is 1.06 bits per heavy atom. The van der Waals surface area contributed by atoms with Gasteiger partial charge in [0.15, 0.2) is 16.6 Å². The van der Waals surface area contributed by atoms with Gasteiger partial charge in [0, 0.05) is 17.7 Å². The van der Waals surface area contributed by atoms with Gasteiger partial charge in [-0.05, 0) is 61.1 Å². The molecule has 0 saturated heterocycles. The van der Waals surface area contributed by atoms with E-state index in [1.807, 2.05) is 49.4 Å². The molecular weight excluding hydrogens is 410 g/mol. The summed E-state index contributed by atoms with van der Waals surface area (Å²) in [6.45, 7) is 2.03. The predicted octanol–water partition coefficient (Wildman–Crippen LogP) is 4.96. The van der Waals surface area contributed by atoms with Crippen LogP contribution in [0.3, 0.4) is 0 Å². The number of thiocarbonyl (C=S) groups is 1. The summed E-state index contributed by atoms with van der Waals surface area (Å²) < 4.78 is 5.28. The number of ether oxygens (including phenoxy) is 1. The highest BCUT2D eigenvalue weighted by atomic mass is 32.1. The molecule has 3 aromatic rings. The zero-order valence-corrected chi connectivity index (χ0v) is 18.1. The third kappa shape index (κ3) is 4.32. The molecule has 0 bridgehead atoms. The third-order valence-electron chi connectivity index (χ3n) is 5.22. The maximum atomic E-state index is 10.3. The van der Waals surface area contributed by atoms with Gasteiger partial charge >= 0.3 is 0 Å². The Balaban J connectivity index is 1.69. The van der Waals surface area contributed by atoms with Crippen LogP contribution in [0.15, 0.2) is 71.8 Å². The topological polar surface area (TPSA) is 77.3 Å². The van der Waals surface area contributed by atoms with Crippen molar-refractivity contribution >= 4 is 28.7 Å². The van der Waals surface area contributed by atoms with Gasteiger partial charge in [-0.15, -0.1) is 0 Å². The fraction of sp³-hybridized carbons (Fsp3) is 0.167. The Hall–Kier alpha value is -3.58. The summed E-state index contributed by atoms with van der Waals surface area (Å²) >= 11 is 5.69. The molecule has 0 unspecified atom stereocenters. The monoisotopic (exact) mass is 433 g/mol. The van der Waals surface area contributed by atoms with Crippen LogP contribution in [0.5, 0.6) is 17.2 Å². The third-order valence-corrected chi connectivity index (χ3v) is 5.51. The molecule has 0 spiro atoms. The quantitative estimate of drug-likeness (QED) is 0.505. The number of benzene rings is 3. The lowest BCUT2D eigenvalue weighted by atomic mass is 9.97. The van der Waals surface area contributed by atoms with Gasteiger partial charge in [-0.25, -0.2) is 5.01 Å². The highest BCUT2D eigenvalue weighted by Crippen LogP contribution is 2.38. The first-order valence-electron chi connectivity index (χ1n) is 9.86. The van der Waals surface area contributed by atoms with Crippen molar-refractivity contribution in [1.29, 1.82) is 0 Å². The molecule has 0 aromatic heterocycles. The van der Waals surface area contributed by atoms with E-state index in [-0.39, 0.29) is 17.5 Å². The van der Waals surface area contributed by atoms with Crippen molar-refractivity contribution in [3.63, 3.8) is 0 Å². The average Bonchev–Trinajstić information content (AvgIpc) is 3.21. The molecule has 6 nitrogen and oxygen atoms in total. The molecule has 1 aliphatic heterocycles. The Labute approximate surface area is 186 Å². The maximum Gasteiger partial charge on any atom is 0.194 e. The van der Waals surface area contributed by atoms with Crippen molar-refractivity contribution in [1.82, 2.24) is 5.01 Å². The highest BCUT2D eigenvalue weighted by Gasteiger charge is 2.33. The van der Waals surface area contributed by atoms with Gasteiger partial charge in [0.25, 0.3) is 0 Å². The van der Waals surface area contributed by atoms with Crippen molar-refractivity contribution < 1.29 is 14.9 Å². The van der Waals surface area contributed by atoms with Crippen LogP contribution in [0, 0.1) is 6.92 Å². The lowest BCUT2D eigenvalue weighted by Crippen LogP contribution is -2.31. The second-order valence-corrected chi connectivity index (χ2v) is 7.74. The molecular formula is C24H23N3O3S. The van der Waals surface area contributed by atoms with Crippen molar-refractivity contribution in [2.75, 3.05) is 12.4 Å². The SMILES string of the molecule is COc1cc([C@@H]2CC(c3ccccc3O)=NN2C(=S)Nc2ccc(C)cc2)ccc1O. The predicted molar refractivity (Wildman–Crippen MR) is 126 cm³/mol. The molecule has 158 valence electrons. The number of nitrogens with one attached hydrogen (secondary N) is 1. The number of methoxy groups -OCH3 is 1. The van der Waals surface area contributed by atoms with Crippen LogP contribution in [0.25, 0.3) is 0 Å². The van der Waals surface area contributed by atoms with Crippen molar-refractivity contribution in [3.8, 4) is 17.2 Å². The molecule has 0 amide bonds. The van der Waals surface area contributed by atoms with Gasteiger partial charge in [-0.2, -0.15) is 5.10 Å². The summed E-state index contributed by atoms with van der Waals surface area (Å²) in [5.41, 5.74) is 4.30. The van der Waals surface area contributed by atoms with Gasteiger partial charge in [0.2, 0.25) is 0 Å². The van der Waals surface area contributed by atoms with Gasteiger partial charge in [-0.3, -0.25) is 0 Å². The fourth-order valence-electron chi connectivity index (χ4n) is 3.56. The Morgan fingerprint density at radius 3 is 2.52 bits per heavy atom. The molecule has 31 heavy (non-hydrogen) atoms. The molecule has 0 fully saturated rings. The van der Waals surface area contributed by atoms with Gasteiger partial charge in [0.1, 0.15) is 5.75 Å². The highest BCUT2D eigenvalue weighted by molar-refractivity contribution is 7.80. The lowest BCUT2D eigenvalue weighted by Gasteiger charge is -2.25. The largest absolute Gasteiger partial charge is 0.507 e. The van der Waals surface area contributed by atoms with Crippen LogP contribution in [0.4, 0.5) is 5.69 Å². The van der Waals surface area contributed by atoms with Crippen LogP contribution >= 0.6 is 12.2 Å². The van der Waals surface area contributed by atoms with Crippen molar-refractivity contribution in [2.24, 2.45) is 5.10 Å². The van der Waals surface area contributed by atoms with E-state index in [0.717, 1.165) is 22.5 Å². The zero-order valence-electron chi connectivity index (χ0n) is 17.2. The van der Waals surface area contributed by atoms with Gasteiger partial charge in [-0.1, -0.05) is 35.9 Å². The first-order chi connectivity index (χ1) is 15.0. The molecule has 7 heteroatoms. The number of phenolic OH excluding ortho intramolecular Hbond substituents is 2. The molecule has 0 aliphatic carbocycles. The minimum Gasteiger partial charge on any atom is -0.507 e. The Morgan fingerprint density at radius 2 is 1.81 bits per heavy atom. The van der Waals surface area contributed by atoms with Crippen molar-refractivity contribution in [3.05, 3.63) is 83.4 Å². The summed E-state index contributed by atoms with van der Waals surface area (Å²) in [5.74, 6) is 0.617. The molecule has 3 aromatic carbocycles. The lowest BCUT2D eigenvalue weighted by molar-refractivity contribution is 0.360. The normalized spacial score (nSPS) is 15.5. The van der Waals surface area contributed by atoms with E-state index in [4.69, 9.17) is 22.1 Å². The molecule has 0 saturated carbocycles. The number of hydrogen-bond donors (Lipinski definition) is 3. The molecule has 0 radical (unpaired) electrons. The van der Waals surface area contributed by atoms with E-state index >= 15 is 0 Å². The average molecular weight is 434 g/mol. The van der Waals surface area contributed by atoms with Crippen LogP contribution < -0.4 is 10.1 Å². The van der Waals surface area contributed by atoms with Crippen LogP contribution in [0.1, 0.15) is 29.2 Å². The number of nitrogens with zero attached hydrogens (tertiary/aromatic N) is 2. The molecule has 1 atom stereocenters. The number of para-hydroxylation sites is 1. The number of aryl methyl sites for hydroxylation is 1. The number of aromatic hydroxyl groups is 2. The number of phenols is 2. The molecule has 4 rings (SSSR count). The summed E-state index contributed by atoms with van der Waals surface area (Å²) in [6.07, 6.45) is 0.529. The van der Waals surface area contributed by atoms with Gasteiger partial charge in [0.05, 0.1) is 18.9 Å². The number of anilines is 1. The van der Waals surface area contributed by atoms with Crippen LogP contribution in [-0.4, -0.2) is 33.2 Å². The van der Waals surface area contributed by atoms with E-state index in [9.17, 15) is 10.2 Å². The van der Waals surface area contributed by atoms with Crippen molar-refractivity contribution in [2.45, 2.75) is 19.4 Å². The second kappa shape index (κ2) is 8.65. The standard InChI is InChI=1S/C24H23N3O3S/c1-15-7-10-17(11-8-15)25-24(31)27-20(16-9-12-22(29)23(13-16)30-2)14-19(26-27)18-5-3-4-6-21(18)28/h3-13,20,28-29H,14H2,1-2H3,(H,25,31)/t20-/m0/s1. The molecule has 3 N–H and O–H groups in total. The second-order valence-electron chi connectivity index (χ2n) is 7.36. The first-order valence-corrected chi connectivity index (χ1v) is 10.3. The van der Waals surface area contributed by atoms with E-state index in [1.165, 1.54) is 7.11 Å². The summed E-state index contributed by atoms with van der Waals surface area (Å²) in [4.78, 5) is 0. The zero-order chi connectivity index (χ0) is 22.0. The summed E-state index contributed by atoms with van der Waals surface area (Å²) in [6, 6.07) is 20.0. The van der Waals surface area contributed by atoms with Gasteiger partial charge < -0.3 is 20.3 Å². The summed E-state index contributed by atoms with van der Waals surface area (Å²) in [5, 5.41) is 30.5. The fourth-order valence-corrected chi connectivity index (χ4v) is 3.84. The smallest absolute Gasteiger partial charge is 0.194 e. The van der Waals surface area contributed by atoms with Crippen LogP contribution in [0.2, 0.25) is 0 Å². The van der Waals surface area contributed by atoms with E-state index in [0.29, 0.717) is 22.8 Å². The minimum atomic E-state index is -0.227. The first kappa shape index (κ1) is 20.7. The Kier molecular flexibility index (Phi) is 5.77. The number of rotatable bonds is 4. The Bertz CT molecular complexity index is 1150. The minimum absolute atomic E-state index is 0.0676. The van der Waals surface area contributed by atoms with E-state index < -0.39 is 0 Å². The number of hydrogen-bond acceptors (Lipinski definition) is 5. The number of hydrazone groups is 1.